The Labute approximate surface area is 293 Å². The molecular weight excluding hydrogens is 650 g/mol. The highest BCUT2D eigenvalue weighted by Crippen LogP contribution is 2.26. The first-order chi connectivity index (χ1) is 23.0. The summed E-state index contributed by atoms with van der Waals surface area (Å²) in [6.07, 6.45) is 1.24. The summed E-state index contributed by atoms with van der Waals surface area (Å²) >= 11 is 1.13. The van der Waals surface area contributed by atoms with Crippen molar-refractivity contribution < 1.29 is 33.4 Å². The fraction of sp³-hybridized carbons (Fsp3) is 0.559. The Morgan fingerprint density at radius 2 is 1.49 bits per heavy atom. The van der Waals surface area contributed by atoms with Crippen LogP contribution in [0.4, 0.5) is 15.3 Å². The van der Waals surface area contributed by atoms with Crippen molar-refractivity contribution in [3.05, 3.63) is 40.5 Å². The lowest BCUT2D eigenvalue weighted by molar-refractivity contribution is -0.115. The van der Waals surface area contributed by atoms with E-state index in [4.69, 9.17) is 14.5 Å². The predicted octanol–water partition coefficient (Wildman–Crippen LogP) is 5.68. The maximum atomic E-state index is 12.6. The highest BCUT2D eigenvalue weighted by molar-refractivity contribution is 7.12. The fourth-order valence-corrected chi connectivity index (χ4v) is 4.97. The van der Waals surface area contributed by atoms with E-state index in [0.29, 0.717) is 65.0 Å². The van der Waals surface area contributed by atoms with Crippen LogP contribution in [0.3, 0.4) is 0 Å². The summed E-state index contributed by atoms with van der Waals surface area (Å²) in [4.78, 5) is 69.8. The van der Waals surface area contributed by atoms with Crippen molar-refractivity contribution in [2.45, 2.75) is 94.3 Å². The Kier molecular flexibility index (Phi) is 16.9. The molecule has 1 aromatic heterocycles. The van der Waals surface area contributed by atoms with Gasteiger partial charge in [0.25, 0.3) is 0 Å². The van der Waals surface area contributed by atoms with Crippen LogP contribution >= 0.6 is 11.3 Å². The number of piperazine rings is 1. The van der Waals surface area contributed by atoms with Gasteiger partial charge in [-0.3, -0.25) is 14.4 Å². The maximum absolute atomic E-state index is 12.6. The molecule has 14 nitrogen and oxygen atoms in total. The molecule has 1 saturated heterocycles. The molecule has 0 bridgehead atoms. The standard InChI is InChI=1S/C30H41N7O7S.2C2H6/c1-9-23(35-10-12-36(13-11-35)28(42)44-30(6,7)8)33-26-37(18-38)34-25(45-26)21-14-20(19(2)39)15-22(16-21)32-24(40)17-31-27(41)43-29(3,4)5;2*1-2/h9,14-16,18H,10-13,17H2,1-8H3,(H,31,41)(H,32,40);2*1-2H3/b23-9+,33-26+;;. The number of allylic oxidation sites excluding steroid dienone is 1. The Hall–Kier alpha value is -4.53. The van der Waals surface area contributed by atoms with E-state index in [1.54, 1.807) is 37.8 Å². The van der Waals surface area contributed by atoms with Crippen molar-refractivity contribution in [1.82, 2.24) is 24.9 Å². The lowest BCUT2D eigenvalue weighted by Crippen LogP contribution is -2.49. The molecule has 0 saturated carbocycles. The largest absolute Gasteiger partial charge is 0.444 e. The van der Waals surface area contributed by atoms with Crippen molar-refractivity contribution >= 4 is 47.3 Å². The number of amides is 3. The number of carbonyl (C=O) groups excluding carboxylic acids is 5. The van der Waals surface area contributed by atoms with Crippen LogP contribution in [-0.2, 0) is 19.1 Å². The SMILES string of the molecule is C/C=C(\N=c1\sc(-c2cc(NC(=O)CNC(=O)OC(C)(C)C)cc(C(C)=O)c2)nn1C=O)N1CCN(C(=O)OC(C)(C)C)CC1.CC.CC. The van der Waals surface area contributed by atoms with E-state index in [-0.39, 0.29) is 18.4 Å². The molecule has 0 radical (unpaired) electrons. The Balaban J connectivity index is 0.00000289. The first-order valence-corrected chi connectivity index (χ1v) is 17.2. The number of ether oxygens (including phenoxy) is 2. The molecule has 1 fully saturated rings. The molecule has 0 aliphatic carbocycles. The van der Waals surface area contributed by atoms with Crippen LogP contribution < -0.4 is 15.4 Å². The number of alkyl carbamates (subject to hydrolysis) is 1. The molecule has 0 spiro atoms. The van der Waals surface area contributed by atoms with Gasteiger partial charge in [0.2, 0.25) is 17.1 Å². The van der Waals surface area contributed by atoms with Crippen LogP contribution in [0.15, 0.2) is 35.1 Å². The molecule has 49 heavy (non-hydrogen) atoms. The second-order valence-corrected chi connectivity index (χ2v) is 13.2. The van der Waals surface area contributed by atoms with Crippen molar-refractivity contribution in [3.8, 4) is 10.6 Å². The highest BCUT2D eigenvalue weighted by Gasteiger charge is 2.26. The van der Waals surface area contributed by atoms with Gasteiger partial charge in [-0.25, -0.2) is 14.6 Å². The van der Waals surface area contributed by atoms with Gasteiger partial charge in [0.05, 0.1) is 0 Å². The second-order valence-electron chi connectivity index (χ2n) is 12.2. The van der Waals surface area contributed by atoms with E-state index in [2.05, 4.69) is 15.7 Å². The number of carbonyl (C=O) groups is 5. The van der Waals surface area contributed by atoms with Crippen LogP contribution in [0.2, 0.25) is 0 Å². The van der Waals surface area contributed by atoms with E-state index >= 15 is 0 Å². The lowest BCUT2D eigenvalue weighted by Gasteiger charge is -2.36. The number of rotatable bonds is 8. The first kappa shape index (κ1) is 42.5. The molecule has 1 aliphatic heterocycles. The molecule has 15 heteroatoms. The zero-order valence-electron chi connectivity index (χ0n) is 30.9. The molecule has 272 valence electrons. The molecule has 2 heterocycles. The first-order valence-electron chi connectivity index (χ1n) is 16.4. The summed E-state index contributed by atoms with van der Waals surface area (Å²) in [7, 11) is 0. The van der Waals surface area contributed by atoms with Crippen LogP contribution in [-0.4, -0.2) is 93.8 Å². The number of hydrogen-bond acceptors (Lipinski definition) is 11. The van der Waals surface area contributed by atoms with Gasteiger partial charge in [0.15, 0.2) is 5.78 Å². The number of aromatic nitrogens is 2. The normalized spacial score (nSPS) is 13.6. The monoisotopic (exact) mass is 703 g/mol. The third kappa shape index (κ3) is 14.2. The van der Waals surface area contributed by atoms with Crippen molar-refractivity contribution in [2.75, 3.05) is 38.0 Å². The highest BCUT2D eigenvalue weighted by atomic mass is 32.1. The molecule has 0 atom stereocenters. The summed E-state index contributed by atoms with van der Waals surface area (Å²) in [6.45, 7) is 23.4. The van der Waals surface area contributed by atoms with E-state index in [1.165, 1.54) is 13.0 Å². The number of ketones is 1. The summed E-state index contributed by atoms with van der Waals surface area (Å²) in [5.41, 5.74) is -0.205. The van der Waals surface area contributed by atoms with Crippen molar-refractivity contribution in [1.29, 1.82) is 0 Å². The van der Waals surface area contributed by atoms with Crippen LogP contribution in [0.1, 0.15) is 93.4 Å². The number of anilines is 1. The topological polar surface area (TPSA) is 165 Å². The molecule has 3 rings (SSSR count). The zero-order valence-corrected chi connectivity index (χ0v) is 31.7. The number of benzene rings is 1. The molecule has 0 unspecified atom stereocenters. The van der Waals surface area contributed by atoms with Crippen LogP contribution in [0.5, 0.6) is 0 Å². The van der Waals surface area contributed by atoms with E-state index in [0.717, 1.165) is 16.0 Å². The molecular formula is C34H53N7O7S. The van der Waals surface area contributed by atoms with Crippen molar-refractivity contribution in [3.63, 3.8) is 0 Å². The number of nitrogens with one attached hydrogen (secondary N) is 2. The molecule has 1 aromatic carbocycles. The smallest absolute Gasteiger partial charge is 0.410 e. The third-order valence-electron chi connectivity index (χ3n) is 6.07. The van der Waals surface area contributed by atoms with Crippen LogP contribution in [0.25, 0.3) is 10.6 Å². The summed E-state index contributed by atoms with van der Waals surface area (Å²) in [6, 6.07) is 4.74. The third-order valence-corrected chi connectivity index (χ3v) is 7.04. The van der Waals surface area contributed by atoms with Crippen LogP contribution in [0, 0.1) is 0 Å². The second kappa shape index (κ2) is 19.5. The predicted molar refractivity (Wildman–Crippen MR) is 192 cm³/mol. The minimum Gasteiger partial charge on any atom is -0.444 e. The number of hydrogen-bond donors (Lipinski definition) is 2. The molecule has 3 amide bonds. The number of nitrogens with zero attached hydrogens (tertiary/aromatic N) is 5. The Morgan fingerprint density at radius 3 is 2.00 bits per heavy atom. The van der Waals surface area contributed by atoms with Gasteiger partial charge in [-0.15, -0.1) is 0 Å². The Bertz CT molecular complexity index is 1540. The zero-order chi connectivity index (χ0) is 37.5. The number of Topliss-reactive ketones (excluding diaryl/α,β-unsaturated/α-hetero) is 1. The summed E-state index contributed by atoms with van der Waals surface area (Å²) in [5.74, 6) is -0.173. The van der Waals surface area contributed by atoms with Gasteiger partial charge in [-0.1, -0.05) is 39.0 Å². The maximum Gasteiger partial charge on any atom is 0.410 e. The summed E-state index contributed by atoms with van der Waals surface area (Å²) in [5, 5.41) is 9.82. The minimum atomic E-state index is -0.737. The van der Waals surface area contributed by atoms with E-state index in [1.807, 2.05) is 66.4 Å². The van der Waals surface area contributed by atoms with Gasteiger partial charge in [0.1, 0.15) is 28.6 Å². The fourth-order valence-electron chi connectivity index (χ4n) is 4.11. The summed E-state index contributed by atoms with van der Waals surface area (Å²) < 4.78 is 11.7. The average molecular weight is 704 g/mol. The molecule has 1 aliphatic rings. The van der Waals surface area contributed by atoms with E-state index in [9.17, 15) is 24.0 Å². The Morgan fingerprint density at radius 1 is 0.918 bits per heavy atom. The van der Waals surface area contributed by atoms with Gasteiger partial charge < -0.3 is 29.9 Å². The van der Waals surface area contributed by atoms with Gasteiger partial charge in [-0.2, -0.15) is 9.78 Å². The minimum absolute atomic E-state index is 0.245. The molecule has 2 N–H and O–H groups in total. The van der Waals surface area contributed by atoms with Gasteiger partial charge in [-0.05, 0) is 79.7 Å². The average Bonchev–Trinajstić information content (AvgIpc) is 3.46. The van der Waals surface area contributed by atoms with E-state index < -0.39 is 23.2 Å². The lowest BCUT2D eigenvalue weighted by atomic mass is 10.1. The molecule has 2 aromatic rings. The van der Waals surface area contributed by atoms with Crippen molar-refractivity contribution in [2.24, 2.45) is 4.99 Å². The quantitative estimate of drug-likeness (QED) is 0.260. The van der Waals surface area contributed by atoms with Gasteiger partial charge >= 0.3 is 12.2 Å². The van der Waals surface area contributed by atoms with Gasteiger partial charge in [0, 0.05) is 43.0 Å².